The summed E-state index contributed by atoms with van der Waals surface area (Å²) >= 11 is 1.51. The van der Waals surface area contributed by atoms with Crippen LogP contribution in [-0.4, -0.2) is 18.3 Å². The maximum absolute atomic E-state index is 6.01. The number of aromatic nitrogens is 1. The highest BCUT2D eigenvalue weighted by Gasteiger charge is 2.07. The molecule has 5 nitrogen and oxygen atoms in total. The van der Waals surface area contributed by atoms with Crippen LogP contribution in [0.2, 0.25) is 0 Å². The molecule has 4 rings (SSSR count). The van der Waals surface area contributed by atoms with E-state index in [-0.39, 0.29) is 0 Å². The molecule has 0 saturated carbocycles. The molecular formula is C25H23N3O2S. The molecule has 0 saturated heterocycles. The van der Waals surface area contributed by atoms with Crippen molar-refractivity contribution >= 4 is 22.7 Å². The number of hydrazone groups is 1. The van der Waals surface area contributed by atoms with Crippen molar-refractivity contribution in [3.05, 3.63) is 94.9 Å². The lowest BCUT2D eigenvalue weighted by Crippen LogP contribution is -1.99. The van der Waals surface area contributed by atoms with Gasteiger partial charge in [-0.15, -0.1) is 11.3 Å². The van der Waals surface area contributed by atoms with Gasteiger partial charge in [0.05, 0.1) is 19.0 Å². The predicted octanol–water partition coefficient (Wildman–Crippen LogP) is 6.15. The van der Waals surface area contributed by atoms with Gasteiger partial charge >= 0.3 is 0 Å². The van der Waals surface area contributed by atoms with Crippen molar-refractivity contribution in [3.63, 3.8) is 0 Å². The van der Waals surface area contributed by atoms with Gasteiger partial charge in [-0.3, -0.25) is 5.43 Å². The van der Waals surface area contributed by atoms with Gasteiger partial charge in [-0.25, -0.2) is 4.98 Å². The first-order valence-electron chi connectivity index (χ1n) is 9.88. The number of nitrogens with zero attached hydrogens (tertiary/aromatic N) is 2. The molecule has 1 aromatic heterocycles. The largest absolute Gasteiger partial charge is 0.493 e. The molecule has 0 unspecified atom stereocenters. The van der Waals surface area contributed by atoms with Crippen molar-refractivity contribution in [2.75, 3.05) is 12.5 Å². The summed E-state index contributed by atoms with van der Waals surface area (Å²) in [7, 11) is 1.64. The fourth-order valence-electron chi connectivity index (χ4n) is 3.08. The molecule has 1 heterocycles. The molecule has 0 aliphatic carbocycles. The van der Waals surface area contributed by atoms with Gasteiger partial charge in [0.25, 0.3) is 0 Å². The van der Waals surface area contributed by atoms with Gasteiger partial charge in [-0.2, -0.15) is 5.10 Å². The fourth-order valence-corrected chi connectivity index (χ4v) is 3.75. The highest BCUT2D eigenvalue weighted by atomic mass is 32.1. The smallest absolute Gasteiger partial charge is 0.203 e. The van der Waals surface area contributed by atoms with E-state index in [1.165, 1.54) is 16.9 Å². The molecule has 3 aromatic carbocycles. The third kappa shape index (κ3) is 5.49. The van der Waals surface area contributed by atoms with Crippen LogP contribution in [-0.2, 0) is 6.61 Å². The van der Waals surface area contributed by atoms with Crippen molar-refractivity contribution in [2.24, 2.45) is 5.10 Å². The van der Waals surface area contributed by atoms with Crippen LogP contribution in [0.4, 0.5) is 5.13 Å². The third-order valence-electron chi connectivity index (χ3n) is 4.61. The highest BCUT2D eigenvalue weighted by molar-refractivity contribution is 7.14. The molecule has 4 aromatic rings. The second-order valence-electron chi connectivity index (χ2n) is 6.96. The molecule has 0 fully saturated rings. The van der Waals surface area contributed by atoms with Gasteiger partial charge in [0, 0.05) is 10.9 Å². The Bertz CT molecular complexity index is 1170. The van der Waals surface area contributed by atoms with Gasteiger partial charge < -0.3 is 9.47 Å². The minimum atomic E-state index is 0.471. The Balaban J connectivity index is 1.42. The average molecular weight is 430 g/mol. The van der Waals surface area contributed by atoms with Gasteiger partial charge in [-0.1, -0.05) is 60.2 Å². The summed E-state index contributed by atoms with van der Waals surface area (Å²) in [6.45, 7) is 2.54. The average Bonchev–Trinajstić information content (AvgIpc) is 3.27. The van der Waals surface area contributed by atoms with E-state index >= 15 is 0 Å². The Labute approximate surface area is 186 Å². The minimum absolute atomic E-state index is 0.471. The van der Waals surface area contributed by atoms with E-state index in [2.05, 4.69) is 34.6 Å². The molecule has 0 atom stereocenters. The molecule has 6 heteroatoms. The predicted molar refractivity (Wildman–Crippen MR) is 127 cm³/mol. The Morgan fingerprint density at radius 3 is 2.68 bits per heavy atom. The molecule has 0 spiro atoms. The number of hydrogen-bond donors (Lipinski definition) is 1. The molecule has 0 bridgehead atoms. The Morgan fingerprint density at radius 2 is 1.87 bits per heavy atom. The maximum atomic E-state index is 6.01. The molecule has 0 radical (unpaired) electrons. The first-order valence-corrected chi connectivity index (χ1v) is 10.8. The van der Waals surface area contributed by atoms with Crippen molar-refractivity contribution in [2.45, 2.75) is 13.5 Å². The van der Waals surface area contributed by atoms with Crippen molar-refractivity contribution < 1.29 is 9.47 Å². The molecule has 0 aliphatic rings. The molecule has 0 aliphatic heterocycles. The van der Waals surface area contributed by atoms with Crippen LogP contribution in [0, 0.1) is 6.92 Å². The molecule has 1 N–H and O–H groups in total. The number of ether oxygens (including phenoxy) is 2. The lowest BCUT2D eigenvalue weighted by Gasteiger charge is -2.11. The van der Waals surface area contributed by atoms with Gasteiger partial charge in [0.1, 0.15) is 6.61 Å². The van der Waals surface area contributed by atoms with E-state index in [1.807, 2.05) is 66.0 Å². The molecular weight excluding hydrogens is 406 g/mol. The van der Waals surface area contributed by atoms with Crippen LogP contribution in [0.25, 0.3) is 11.3 Å². The van der Waals surface area contributed by atoms with E-state index in [4.69, 9.17) is 9.47 Å². The summed E-state index contributed by atoms with van der Waals surface area (Å²) in [5.74, 6) is 1.36. The van der Waals surface area contributed by atoms with E-state index in [0.29, 0.717) is 18.1 Å². The van der Waals surface area contributed by atoms with E-state index in [1.54, 1.807) is 13.3 Å². The third-order valence-corrected chi connectivity index (χ3v) is 5.36. The number of rotatable bonds is 8. The fraction of sp³-hybridized carbons (Fsp3) is 0.120. The van der Waals surface area contributed by atoms with Crippen molar-refractivity contribution in [1.29, 1.82) is 0 Å². The van der Waals surface area contributed by atoms with Crippen LogP contribution in [0.15, 0.2) is 83.3 Å². The van der Waals surface area contributed by atoms with E-state index < -0.39 is 0 Å². The van der Waals surface area contributed by atoms with Gasteiger partial charge in [-0.05, 0) is 36.2 Å². The van der Waals surface area contributed by atoms with Crippen molar-refractivity contribution in [3.8, 4) is 22.8 Å². The van der Waals surface area contributed by atoms with Gasteiger partial charge in [0.15, 0.2) is 11.5 Å². The molecule has 0 amide bonds. The number of benzene rings is 3. The number of aryl methyl sites for hydroxylation is 1. The number of nitrogens with one attached hydrogen (secondary N) is 1. The van der Waals surface area contributed by atoms with Crippen LogP contribution in [0.3, 0.4) is 0 Å². The Hall–Kier alpha value is -3.64. The molecule has 156 valence electrons. The lowest BCUT2D eigenvalue weighted by atomic mass is 10.1. The standard InChI is InChI=1S/C25H23N3O2S/c1-18-7-6-8-20(13-18)16-30-24-14-19(11-12-23(24)29-2)15-26-28-25-27-22(17-31-25)21-9-4-3-5-10-21/h3-15,17H,16H2,1-2H3,(H,27,28). The number of hydrogen-bond acceptors (Lipinski definition) is 6. The zero-order chi connectivity index (χ0) is 21.5. The summed E-state index contributed by atoms with van der Waals surface area (Å²) < 4.78 is 11.4. The number of thiazole rings is 1. The second kappa shape index (κ2) is 9.91. The molecule has 31 heavy (non-hydrogen) atoms. The number of anilines is 1. The lowest BCUT2D eigenvalue weighted by molar-refractivity contribution is 0.284. The van der Waals surface area contributed by atoms with Crippen LogP contribution in [0.1, 0.15) is 16.7 Å². The summed E-state index contributed by atoms with van der Waals surface area (Å²) in [5, 5.41) is 7.07. The van der Waals surface area contributed by atoms with Crippen LogP contribution >= 0.6 is 11.3 Å². The van der Waals surface area contributed by atoms with Crippen LogP contribution < -0.4 is 14.9 Å². The zero-order valence-electron chi connectivity index (χ0n) is 17.4. The topological polar surface area (TPSA) is 55.7 Å². The normalized spacial score (nSPS) is 10.9. The van der Waals surface area contributed by atoms with Crippen LogP contribution in [0.5, 0.6) is 11.5 Å². The van der Waals surface area contributed by atoms with E-state index in [9.17, 15) is 0 Å². The van der Waals surface area contributed by atoms with E-state index in [0.717, 1.165) is 27.5 Å². The quantitative estimate of drug-likeness (QED) is 0.269. The first-order chi connectivity index (χ1) is 15.2. The summed E-state index contributed by atoms with van der Waals surface area (Å²) in [6, 6.07) is 24.1. The SMILES string of the molecule is COc1ccc(C=NNc2nc(-c3ccccc3)cs2)cc1OCc1cccc(C)c1. The summed E-state index contributed by atoms with van der Waals surface area (Å²) in [6.07, 6.45) is 1.74. The first kappa shape index (κ1) is 20.6. The maximum Gasteiger partial charge on any atom is 0.203 e. The van der Waals surface area contributed by atoms with Gasteiger partial charge in [0.2, 0.25) is 5.13 Å². The summed E-state index contributed by atoms with van der Waals surface area (Å²) in [5.41, 5.74) is 8.23. The van der Waals surface area contributed by atoms with Crippen molar-refractivity contribution in [1.82, 2.24) is 4.98 Å². The zero-order valence-corrected chi connectivity index (χ0v) is 18.2. The minimum Gasteiger partial charge on any atom is -0.493 e. The number of methoxy groups -OCH3 is 1. The Kier molecular flexibility index (Phi) is 6.59. The Morgan fingerprint density at radius 1 is 1.00 bits per heavy atom. The summed E-state index contributed by atoms with van der Waals surface area (Å²) in [4.78, 5) is 4.58. The monoisotopic (exact) mass is 429 g/mol. The highest BCUT2D eigenvalue weighted by Crippen LogP contribution is 2.29. The second-order valence-corrected chi connectivity index (χ2v) is 7.82.